The number of aliphatic hydroxyl groups is 1. The molecule has 120 valence electrons. The third kappa shape index (κ3) is 3.14. The van der Waals surface area contributed by atoms with Gasteiger partial charge in [-0.3, -0.25) is 9.88 Å². The minimum absolute atomic E-state index is 0.276. The summed E-state index contributed by atoms with van der Waals surface area (Å²) < 4.78 is 5.52. The van der Waals surface area contributed by atoms with Gasteiger partial charge in [0, 0.05) is 12.4 Å². The number of carbonyl (C=O) groups is 1. The van der Waals surface area contributed by atoms with Crippen LogP contribution in [0.25, 0.3) is 0 Å². The average molecular weight is 304 g/mol. The zero-order chi connectivity index (χ0) is 16.4. The molecule has 2 heterocycles. The number of nitrogens with zero attached hydrogens (tertiary/aromatic N) is 2. The Morgan fingerprint density at radius 1 is 1.45 bits per heavy atom. The molecule has 1 N–H and O–H groups in total. The second kappa shape index (κ2) is 6.08. The fourth-order valence-electron chi connectivity index (χ4n) is 2.62. The van der Waals surface area contributed by atoms with Crippen LogP contribution >= 0.6 is 0 Å². The van der Waals surface area contributed by atoms with Crippen LogP contribution in [0.15, 0.2) is 36.2 Å². The SMILES string of the molecule is CC(C)=CCC[C@]1(C)OC(=O)N(Cc2cccnc2)[C@]1(C)O. The molecule has 0 unspecified atom stereocenters. The Kier molecular flexibility index (Phi) is 4.56. The molecule has 2 rings (SSSR count). The van der Waals surface area contributed by atoms with Crippen molar-refractivity contribution < 1.29 is 14.6 Å². The van der Waals surface area contributed by atoms with Gasteiger partial charge in [-0.15, -0.1) is 0 Å². The number of rotatable bonds is 5. The van der Waals surface area contributed by atoms with Crippen LogP contribution in [0.2, 0.25) is 0 Å². The van der Waals surface area contributed by atoms with Crippen LogP contribution in [-0.2, 0) is 11.3 Å². The molecule has 1 saturated heterocycles. The van der Waals surface area contributed by atoms with Gasteiger partial charge < -0.3 is 9.84 Å². The van der Waals surface area contributed by atoms with Gasteiger partial charge in [0.05, 0.1) is 6.54 Å². The number of carbonyl (C=O) groups excluding carboxylic acids is 1. The van der Waals surface area contributed by atoms with Gasteiger partial charge >= 0.3 is 6.09 Å². The van der Waals surface area contributed by atoms with Gasteiger partial charge in [-0.1, -0.05) is 17.7 Å². The van der Waals surface area contributed by atoms with Crippen molar-refractivity contribution in [1.82, 2.24) is 9.88 Å². The van der Waals surface area contributed by atoms with E-state index in [1.54, 1.807) is 32.3 Å². The number of ether oxygens (including phenoxy) is 1. The summed E-state index contributed by atoms with van der Waals surface area (Å²) in [4.78, 5) is 17.6. The van der Waals surface area contributed by atoms with E-state index in [-0.39, 0.29) is 6.54 Å². The summed E-state index contributed by atoms with van der Waals surface area (Å²) in [6.45, 7) is 7.74. The first-order valence-electron chi connectivity index (χ1n) is 7.51. The normalized spacial score (nSPS) is 27.7. The number of cyclic esters (lactones) is 1. The lowest BCUT2D eigenvalue weighted by atomic mass is 9.88. The van der Waals surface area contributed by atoms with E-state index in [1.807, 2.05) is 19.9 Å². The summed E-state index contributed by atoms with van der Waals surface area (Å²) in [5, 5.41) is 10.9. The van der Waals surface area contributed by atoms with Crippen molar-refractivity contribution in [3.8, 4) is 0 Å². The molecule has 1 aromatic rings. The van der Waals surface area contributed by atoms with Crippen molar-refractivity contribution in [3.05, 3.63) is 41.7 Å². The van der Waals surface area contributed by atoms with Gasteiger partial charge in [-0.05, 0) is 52.2 Å². The summed E-state index contributed by atoms with van der Waals surface area (Å²) in [7, 11) is 0. The fourth-order valence-corrected chi connectivity index (χ4v) is 2.62. The summed E-state index contributed by atoms with van der Waals surface area (Å²) in [6, 6.07) is 3.68. The highest BCUT2D eigenvalue weighted by Crippen LogP contribution is 2.41. The molecule has 1 aliphatic heterocycles. The molecule has 0 radical (unpaired) electrons. The standard InChI is InChI=1S/C17H24N2O3/c1-13(2)7-5-9-16(3)17(4,21)19(15(20)22-16)12-14-8-6-10-18-11-14/h6-8,10-11,21H,5,9,12H2,1-4H3/t16-,17+/m0/s1. The first-order valence-corrected chi connectivity index (χ1v) is 7.51. The number of hydrogen-bond acceptors (Lipinski definition) is 4. The first-order chi connectivity index (χ1) is 10.3. The fraction of sp³-hybridized carbons (Fsp3) is 0.529. The molecule has 0 spiro atoms. The lowest BCUT2D eigenvalue weighted by molar-refractivity contribution is -0.141. The molecule has 22 heavy (non-hydrogen) atoms. The second-order valence-corrected chi connectivity index (χ2v) is 6.39. The van der Waals surface area contributed by atoms with E-state index in [0.29, 0.717) is 6.42 Å². The van der Waals surface area contributed by atoms with Gasteiger partial charge in [-0.2, -0.15) is 0 Å². The Morgan fingerprint density at radius 2 is 2.18 bits per heavy atom. The molecule has 0 saturated carbocycles. The summed E-state index contributed by atoms with van der Waals surface area (Å²) in [5.74, 6) is 0. The number of pyridine rings is 1. The topological polar surface area (TPSA) is 62.7 Å². The quantitative estimate of drug-likeness (QED) is 0.848. The Labute approximate surface area is 131 Å². The van der Waals surface area contributed by atoms with Crippen molar-refractivity contribution in [2.75, 3.05) is 0 Å². The lowest BCUT2D eigenvalue weighted by Crippen LogP contribution is -2.54. The van der Waals surface area contributed by atoms with E-state index >= 15 is 0 Å². The van der Waals surface area contributed by atoms with Crippen molar-refractivity contribution in [2.24, 2.45) is 0 Å². The molecule has 5 nitrogen and oxygen atoms in total. The van der Waals surface area contributed by atoms with Crippen LogP contribution in [0.3, 0.4) is 0 Å². The average Bonchev–Trinajstić information content (AvgIpc) is 2.60. The Hall–Kier alpha value is -1.88. The van der Waals surface area contributed by atoms with E-state index in [4.69, 9.17) is 4.74 Å². The number of allylic oxidation sites excluding steroid dienone is 2. The molecular formula is C17H24N2O3. The van der Waals surface area contributed by atoms with Crippen LogP contribution in [0.1, 0.15) is 46.1 Å². The summed E-state index contributed by atoms with van der Waals surface area (Å²) >= 11 is 0. The van der Waals surface area contributed by atoms with Crippen molar-refractivity contribution >= 4 is 6.09 Å². The third-order valence-corrected chi connectivity index (χ3v) is 4.30. The Bertz CT molecular complexity index is 565. The number of hydrogen-bond donors (Lipinski definition) is 1. The lowest BCUT2D eigenvalue weighted by Gasteiger charge is -2.37. The maximum absolute atomic E-state index is 12.2. The molecular weight excluding hydrogens is 280 g/mol. The largest absolute Gasteiger partial charge is 0.438 e. The monoisotopic (exact) mass is 304 g/mol. The predicted octanol–water partition coefficient (Wildman–Crippen LogP) is 3.25. The summed E-state index contributed by atoms with van der Waals surface area (Å²) in [5.41, 5.74) is -0.235. The maximum atomic E-state index is 12.2. The van der Waals surface area contributed by atoms with E-state index in [1.165, 1.54) is 10.5 Å². The highest BCUT2D eigenvalue weighted by atomic mass is 16.6. The van der Waals surface area contributed by atoms with E-state index in [0.717, 1.165) is 12.0 Å². The molecule has 1 aliphatic rings. The van der Waals surface area contributed by atoms with Crippen molar-refractivity contribution in [2.45, 2.75) is 58.4 Å². The summed E-state index contributed by atoms with van der Waals surface area (Å²) in [6.07, 6.45) is 6.27. The van der Waals surface area contributed by atoms with E-state index < -0.39 is 17.4 Å². The van der Waals surface area contributed by atoms with Crippen LogP contribution in [0.4, 0.5) is 4.79 Å². The van der Waals surface area contributed by atoms with Crippen molar-refractivity contribution in [3.63, 3.8) is 0 Å². The highest BCUT2D eigenvalue weighted by molar-refractivity contribution is 5.72. The van der Waals surface area contributed by atoms with E-state index in [9.17, 15) is 9.90 Å². The molecule has 1 aromatic heterocycles. The van der Waals surface area contributed by atoms with Crippen LogP contribution in [0.5, 0.6) is 0 Å². The highest BCUT2D eigenvalue weighted by Gasteiger charge is 2.58. The van der Waals surface area contributed by atoms with Gasteiger partial charge in [0.15, 0.2) is 11.3 Å². The number of aromatic nitrogens is 1. The zero-order valence-electron chi connectivity index (χ0n) is 13.7. The molecule has 1 amide bonds. The minimum atomic E-state index is -1.37. The number of amides is 1. The molecule has 2 atom stereocenters. The van der Waals surface area contributed by atoms with Crippen molar-refractivity contribution in [1.29, 1.82) is 0 Å². The third-order valence-electron chi connectivity index (χ3n) is 4.30. The van der Waals surface area contributed by atoms with Gasteiger partial charge in [0.1, 0.15) is 0 Å². The molecule has 0 aromatic carbocycles. The van der Waals surface area contributed by atoms with Crippen LogP contribution < -0.4 is 0 Å². The maximum Gasteiger partial charge on any atom is 0.413 e. The minimum Gasteiger partial charge on any atom is -0.438 e. The van der Waals surface area contributed by atoms with Crippen LogP contribution in [0, 0.1) is 0 Å². The van der Waals surface area contributed by atoms with Gasteiger partial charge in [0.25, 0.3) is 0 Å². The Balaban J connectivity index is 2.16. The molecule has 1 fully saturated rings. The first kappa shape index (κ1) is 16.5. The smallest absolute Gasteiger partial charge is 0.413 e. The Morgan fingerprint density at radius 3 is 2.77 bits per heavy atom. The van der Waals surface area contributed by atoms with Crippen LogP contribution in [-0.4, -0.2) is 32.4 Å². The van der Waals surface area contributed by atoms with Gasteiger partial charge in [0.2, 0.25) is 0 Å². The van der Waals surface area contributed by atoms with E-state index in [2.05, 4.69) is 11.1 Å². The molecule has 0 aliphatic carbocycles. The molecule has 0 bridgehead atoms. The zero-order valence-corrected chi connectivity index (χ0v) is 13.7. The second-order valence-electron chi connectivity index (χ2n) is 6.39. The van der Waals surface area contributed by atoms with Gasteiger partial charge in [-0.25, -0.2) is 4.79 Å². The predicted molar refractivity (Wildman–Crippen MR) is 84.0 cm³/mol. The molecule has 5 heteroatoms.